The van der Waals surface area contributed by atoms with Gasteiger partial charge in [-0.25, -0.2) is 18.9 Å². The largest absolute Gasteiger partial charge is 0.373 e. The number of hydrogen-bond donors (Lipinski definition) is 2. The van der Waals surface area contributed by atoms with Gasteiger partial charge < -0.3 is 19.3 Å². The molecule has 1 amide bonds. The van der Waals surface area contributed by atoms with Crippen molar-refractivity contribution in [1.29, 1.82) is 0 Å². The number of carbonyl (C=O) groups excluding carboxylic acids is 1. The van der Waals surface area contributed by atoms with Gasteiger partial charge in [0, 0.05) is 37.4 Å². The molecule has 5 unspecified atom stereocenters. The molecule has 1 aromatic carbocycles. The van der Waals surface area contributed by atoms with Gasteiger partial charge in [0.25, 0.3) is 5.91 Å². The number of rotatable bonds is 12. The molecule has 3 rings (SSSR count). The summed E-state index contributed by atoms with van der Waals surface area (Å²) in [5, 5.41) is 5.91. The standard InChI is InChI=1S/C27H41FN5O5P/c1-8-36-16-29-39(33(17(2)3)18(4)5)38-24-20(7)37-15-22(23(24)28)32-14-19(6)25(31-27(32)35)30-26(34)21-12-10-9-11-13-21/h9-14,17-18,20,22-24,29H,8,15-16H2,1-7H3,(H,30,31,34,35)/i7D. The molecule has 1 aliphatic rings. The molecule has 0 radical (unpaired) electrons. The topological polar surface area (TPSA) is 107 Å². The first kappa shape index (κ1) is 29.7. The van der Waals surface area contributed by atoms with Crippen molar-refractivity contribution in [1.82, 2.24) is 19.3 Å². The average Bonchev–Trinajstić information content (AvgIpc) is 2.91. The zero-order valence-electron chi connectivity index (χ0n) is 24.5. The molecule has 10 nitrogen and oxygen atoms in total. The molecule has 1 fully saturated rings. The highest BCUT2D eigenvalue weighted by Gasteiger charge is 2.44. The van der Waals surface area contributed by atoms with E-state index in [1.54, 1.807) is 37.3 Å². The number of carbonyl (C=O) groups is 1. The van der Waals surface area contributed by atoms with Gasteiger partial charge in [-0.3, -0.25) is 9.36 Å². The number of anilines is 1. The van der Waals surface area contributed by atoms with Crippen LogP contribution in [0, 0.1) is 6.92 Å². The molecule has 2 heterocycles. The van der Waals surface area contributed by atoms with Crippen LogP contribution in [0.4, 0.5) is 10.2 Å². The number of hydrogen-bond acceptors (Lipinski definition) is 8. The van der Waals surface area contributed by atoms with Gasteiger partial charge in [-0.05, 0) is 60.6 Å². The molecule has 0 aliphatic carbocycles. The zero-order chi connectivity index (χ0) is 29.4. The summed E-state index contributed by atoms with van der Waals surface area (Å²) >= 11 is 0. The van der Waals surface area contributed by atoms with Gasteiger partial charge in [0.05, 0.1) is 18.8 Å². The first-order chi connectivity index (χ1) is 19.1. The van der Waals surface area contributed by atoms with E-state index in [0.717, 1.165) is 0 Å². The Balaban J connectivity index is 1.86. The van der Waals surface area contributed by atoms with E-state index in [9.17, 15) is 9.59 Å². The van der Waals surface area contributed by atoms with Crippen molar-refractivity contribution in [2.45, 2.75) is 84.9 Å². The van der Waals surface area contributed by atoms with E-state index in [4.69, 9.17) is 15.4 Å². The number of aryl methyl sites for hydroxylation is 1. The Morgan fingerprint density at radius 3 is 2.62 bits per heavy atom. The summed E-state index contributed by atoms with van der Waals surface area (Å²) in [5.41, 5.74) is 0.184. The summed E-state index contributed by atoms with van der Waals surface area (Å²) in [6.45, 7) is 12.1. The second-order valence-corrected chi connectivity index (χ2v) is 11.4. The van der Waals surface area contributed by atoms with Gasteiger partial charge >= 0.3 is 5.69 Å². The minimum Gasteiger partial charge on any atom is -0.373 e. The van der Waals surface area contributed by atoms with Crippen molar-refractivity contribution in [3.8, 4) is 0 Å². The fraction of sp³-hybridized carbons (Fsp3) is 0.593. The summed E-state index contributed by atoms with van der Waals surface area (Å²) < 4.78 is 45.3. The minimum absolute atomic E-state index is 0.0844. The number of benzene rings is 1. The van der Waals surface area contributed by atoms with Crippen LogP contribution in [0.25, 0.3) is 0 Å². The highest BCUT2D eigenvalue weighted by molar-refractivity contribution is 7.47. The third-order valence-corrected chi connectivity index (χ3v) is 8.47. The van der Waals surface area contributed by atoms with Crippen LogP contribution in [0.3, 0.4) is 0 Å². The van der Waals surface area contributed by atoms with Crippen molar-refractivity contribution in [3.05, 3.63) is 58.1 Å². The van der Waals surface area contributed by atoms with Crippen LogP contribution in [0.5, 0.6) is 0 Å². The number of ether oxygens (including phenoxy) is 2. The fourth-order valence-corrected chi connectivity index (χ4v) is 6.27. The monoisotopic (exact) mass is 566 g/mol. The van der Waals surface area contributed by atoms with E-state index >= 15 is 4.39 Å². The molecule has 12 heteroatoms. The summed E-state index contributed by atoms with van der Waals surface area (Å²) in [7, 11) is -1.53. The van der Waals surface area contributed by atoms with Crippen LogP contribution in [0.2, 0.25) is 0 Å². The van der Waals surface area contributed by atoms with E-state index in [0.29, 0.717) is 17.7 Å². The van der Waals surface area contributed by atoms with Crippen molar-refractivity contribution in [3.63, 3.8) is 0 Å². The lowest BCUT2D eigenvalue weighted by Crippen LogP contribution is -2.51. The Labute approximate surface area is 232 Å². The molecule has 0 spiro atoms. The van der Waals surface area contributed by atoms with E-state index in [1.807, 2.05) is 34.6 Å². The van der Waals surface area contributed by atoms with Gasteiger partial charge in [-0.1, -0.05) is 18.2 Å². The average molecular weight is 567 g/mol. The fourth-order valence-electron chi connectivity index (χ4n) is 4.40. The predicted octanol–water partition coefficient (Wildman–Crippen LogP) is 4.42. The Morgan fingerprint density at radius 1 is 1.31 bits per heavy atom. The lowest BCUT2D eigenvalue weighted by Gasteiger charge is -2.43. The third kappa shape index (κ3) is 7.90. The SMILES string of the molecule is [2H]CC1OCC(n2cc(C)c(NC(=O)c3ccccc3)nc2=O)C(F)C1OP(NCOCC)N(C(C)C)C(C)C. The highest BCUT2D eigenvalue weighted by Crippen LogP contribution is 2.45. The van der Waals surface area contributed by atoms with Crippen molar-refractivity contribution in [2.24, 2.45) is 0 Å². The normalized spacial score (nSPS) is 22.8. The molecule has 1 aromatic heterocycles. The van der Waals surface area contributed by atoms with Crippen LogP contribution >= 0.6 is 8.45 Å². The van der Waals surface area contributed by atoms with Crippen LogP contribution < -0.4 is 16.1 Å². The molecule has 2 aromatic rings. The molecule has 1 saturated heterocycles. The van der Waals surface area contributed by atoms with E-state index in [-0.39, 0.29) is 38.1 Å². The maximum Gasteiger partial charge on any atom is 0.349 e. The second kappa shape index (κ2) is 14.4. The number of amides is 1. The van der Waals surface area contributed by atoms with Crippen LogP contribution in [0.1, 0.15) is 64.9 Å². The molecule has 5 atom stereocenters. The predicted molar refractivity (Wildman–Crippen MR) is 151 cm³/mol. The highest BCUT2D eigenvalue weighted by atomic mass is 31.2. The molecule has 0 saturated carbocycles. The second-order valence-electron chi connectivity index (χ2n) is 9.87. The van der Waals surface area contributed by atoms with Crippen molar-refractivity contribution >= 4 is 20.2 Å². The molecule has 2 N–H and O–H groups in total. The quantitative estimate of drug-likeness (QED) is 0.221. The Morgan fingerprint density at radius 2 is 2.00 bits per heavy atom. The number of alkyl halides is 1. The van der Waals surface area contributed by atoms with Gasteiger partial charge in [0.1, 0.15) is 18.7 Å². The summed E-state index contributed by atoms with van der Waals surface area (Å²) in [4.78, 5) is 29.7. The third-order valence-electron chi connectivity index (χ3n) is 6.28. The maximum atomic E-state index is 16.3. The van der Waals surface area contributed by atoms with Crippen LogP contribution in [-0.2, 0) is 14.0 Å². The zero-order valence-corrected chi connectivity index (χ0v) is 24.4. The Hall–Kier alpha value is -2.27. The van der Waals surface area contributed by atoms with Gasteiger partial charge in [-0.2, -0.15) is 4.98 Å². The lowest BCUT2D eigenvalue weighted by atomic mass is 10.00. The van der Waals surface area contributed by atoms with Gasteiger partial charge in [-0.15, -0.1) is 0 Å². The molecular weight excluding hydrogens is 524 g/mol. The van der Waals surface area contributed by atoms with Crippen molar-refractivity contribution < 1.29 is 24.6 Å². The summed E-state index contributed by atoms with van der Waals surface area (Å²) in [5.74, 6) is -0.301. The number of halogens is 1. The molecule has 0 bridgehead atoms. The molecule has 1 aliphatic heterocycles. The van der Waals surface area contributed by atoms with Gasteiger partial charge in [0.2, 0.25) is 0 Å². The summed E-state index contributed by atoms with van der Waals surface area (Å²) in [6.07, 6.45) is -2.12. The Bertz CT molecular complexity index is 1150. The molecule has 39 heavy (non-hydrogen) atoms. The summed E-state index contributed by atoms with van der Waals surface area (Å²) in [6, 6.07) is 7.72. The van der Waals surface area contributed by atoms with E-state index in [1.165, 1.54) is 10.8 Å². The maximum absolute atomic E-state index is 16.3. The molecule has 216 valence electrons. The minimum atomic E-state index is -1.66. The van der Waals surface area contributed by atoms with E-state index < -0.39 is 44.5 Å². The lowest BCUT2D eigenvalue weighted by molar-refractivity contribution is -0.118. The number of aromatic nitrogens is 2. The van der Waals surface area contributed by atoms with E-state index in [2.05, 4.69) is 20.1 Å². The number of nitrogens with zero attached hydrogens (tertiary/aromatic N) is 3. The van der Waals surface area contributed by atoms with Crippen LogP contribution in [0.15, 0.2) is 41.3 Å². The molecular formula is C27H41FN5O5P. The van der Waals surface area contributed by atoms with Crippen molar-refractivity contribution in [2.75, 3.05) is 25.3 Å². The first-order valence-electron chi connectivity index (χ1n) is 13.9. The smallest absolute Gasteiger partial charge is 0.349 e. The van der Waals surface area contributed by atoms with Gasteiger partial charge in [0.15, 0.2) is 14.6 Å². The van der Waals surface area contributed by atoms with Crippen LogP contribution in [-0.4, -0.2) is 70.5 Å². The Kier molecular flexibility index (Phi) is 11.0. The first-order valence-corrected chi connectivity index (χ1v) is 14.4. The number of nitrogens with one attached hydrogen (secondary N) is 2.